The van der Waals surface area contributed by atoms with Crippen molar-refractivity contribution in [3.05, 3.63) is 52.4 Å². The first-order valence-corrected chi connectivity index (χ1v) is 10.4. The van der Waals surface area contributed by atoms with Crippen LogP contribution in [0.15, 0.2) is 41.3 Å². The summed E-state index contributed by atoms with van der Waals surface area (Å²) in [4.78, 5) is 31.9. The number of benzene rings is 1. The van der Waals surface area contributed by atoms with Crippen molar-refractivity contribution in [3.8, 4) is 17.0 Å². The Kier molecular flexibility index (Phi) is 5.39. The summed E-state index contributed by atoms with van der Waals surface area (Å²) in [7, 11) is 0. The molecule has 1 aromatic carbocycles. The number of rotatable bonds is 9. The van der Waals surface area contributed by atoms with Crippen molar-refractivity contribution in [1.82, 2.24) is 14.9 Å². The highest BCUT2D eigenvalue weighted by Gasteiger charge is 2.44. The number of amides is 1. The fraction of sp³-hybridized carbons (Fsp3) is 0.391. The van der Waals surface area contributed by atoms with E-state index in [0.717, 1.165) is 36.3 Å². The van der Waals surface area contributed by atoms with Gasteiger partial charge in [-0.3, -0.25) is 9.59 Å². The molecule has 0 saturated heterocycles. The summed E-state index contributed by atoms with van der Waals surface area (Å²) in [6, 6.07) is 9.27. The predicted molar refractivity (Wildman–Crippen MR) is 118 cm³/mol. The number of carbonyl (C=O) groups is 1. The number of aromatic amines is 2. The number of nitrogens with one attached hydrogen (secondary N) is 2. The molecule has 2 heterocycles. The molecule has 7 nitrogen and oxygen atoms in total. The third kappa shape index (κ3) is 4.11. The minimum Gasteiger partial charge on any atom is -0.493 e. The molecule has 0 bridgehead atoms. The molecule has 4 rings (SSSR count). The molecule has 0 spiro atoms. The number of hydrogen-bond donors (Lipinski definition) is 3. The molecular formula is C23H28N4O3. The van der Waals surface area contributed by atoms with Gasteiger partial charge < -0.3 is 25.3 Å². The van der Waals surface area contributed by atoms with Crippen LogP contribution in [0, 0.1) is 5.41 Å². The van der Waals surface area contributed by atoms with Gasteiger partial charge in [0.05, 0.1) is 23.4 Å². The van der Waals surface area contributed by atoms with Crippen LogP contribution in [0.3, 0.4) is 0 Å². The van der Waals surface area contributed by atoms with Crippen molar-refractivity contribution < 1.29 is 9.53 Å². The number of nitrogens with zero attached hydrogens (tertiary/aromatic N) is 1. The predicted octanol–water partition coefficient (Wildman–Crippen LogP) is 3.12. The molecule has 158 valence electrons. The van der Waals surface area contributed by atoms with Crippen LogP contribution in [0.1, 0.15) is 37.0 Å². The van der Waals surface area contributed by atoms with Crippen LogP contribution in [-0.4, -0.2) is 47.0 Å². The second-order valence-electron chi connectivity index (χ2n) is 8.18. The summed E-state index contributed by atoms with van der Waals surface area (Å²) < 4.78 is 6.15. The number of fused-ring (bicyclic) bond motifs is 1. The lowest BCUT2D eigenvalue weighted by atomic mass is 10.1. The molecule has 7 heteroatoms. The van der Waals surface area contributed by atoms with E-state index in [4.69, 9.17) is 10.5 Å². The van der Waals surface area contributed by atoms with Crippen molar-refractivity contribution in [3.63, 3.8) is 0 Å². The molecule has 0 unspecified atom stereocenters. The maximum atomic E-state index is 12.2. The van der Waals surface area contributed by atoms with Gasteiger partial charge in [0.2, 0.25) is 5.91 Å². The van der Waals surface area contributed by atoms with Crippen molar-refractivity contribution in [1.29, 1.82) is 0 Å². The van der Waals surface area contributed by atoms with Crippen molar-refractivity contribution in [2.75, 3.05) is 26.2 Å². The maximum Gasteiger partial charge on any atom is 0.257 e. The average molecular weight is 409 g/mol. The molecule has 1 fully saturated rings. The molecule has 0 aliphatic heterocycles. The highest BCUT2D eigenvalue weighted by atomic mass is 16.5. The summed E-state index contributed by atoms with van der Waals surface area (Å²) in [6.45, 7) is 8.31. The van der Waals surface area contributed by atoms with E-state index in [1.165, 1.54) is 25.1 Å². The van der Waals surface area contributed by atoms with Crippen LogP contribution in [0.4, 0.5) is 0 Å². The van der Waals surface area contributed by atoms with Gasteiger partial charge in [-0.25, -0.2) is 0 Å². The molecular weight excluding hydrogens is 380 g/mol. The molecule has 3 aromatic rings. The fourth-order valence-electron chi connectivity index (χ4n) is 3.85. The summed E-state index contributed by atoms with van der Waals surface area (Å²) >= 11 is 0. The van der Waals surface area contributed by atoms with Crippen LogP contribution in [-0.2, 0) is 0 Å². The van der Waals surface area contributed by atoms with E-state index in [1.54, 1.807) is 0 Å². The number of carbonyl (C=O) groups excluding carboxylic acids is 1. The SMILES string of the molecule is CCN(CC)CC1(COc2ccc3[nH]c(-c4cc(C(N)=O)c[nH]c4=O)cc3c2)CC1. The standard InChI is InChI=1S/C23H28N4O3/c1-3-27(4-2)13-23(7-8-23)14-30-17-5-6-19-15(9-17)11-20(26-19)18-10-16(21(24)28)12-25-22(18)29/h5-6,9-12,26H,3-4,7-8,13-14H2,1-2H3,(H2,24,28)(H,25,29). The topological polar surface area (TPSA) is 104 Å². The van der Waals surface area contributed by atoms with Gasteiger partial charge in [0.15, 0.2) is 0 Å². The second-order valence-corrected chi connectivity index (χ2v) is 8.18. The van der Waals surface area contributed by atoms with Crippen LogP contribution < -0.4 is 16.0 Å². The third-order valence-corrected chi connectivity index (χ3v) is 6.03. The van der Waals surface area contributed by atoms with E-state index in [2.05, 4.69) is 28.7 Å². The lowest BCUT2D eigenvalue weighted by molar-refractivity contribution is 0.1000. The van der Waals surface area contributed by atoms with Gasteiger partial charge in [0.1, 0.15) is 5.75 Å². The van der Waals surface area contributed by atoms with E-state index < -0.39 is 5.91 Å². The molecule has 30 heavy (non-hydrogen) atoms. The zero-order chi connectivity index (χ0) is 21.3. The largest absolute Gasteiger partial charge is 0.493 e. The highest BCUT2D eigenvalue weighted by molar-refractivity contribution is 5.94. The van der Waals surface area contributed by atoms with Gasteiger partial charge in [-0.2, -0.15) is 0 Å². The van der Waals surface area contributed by atoms with Crippen LogP contribution in [0.2, 0.25) is 0 Å². The highest BCUT2D eigenvalue weighted by Crippen LogP contribution is 2.46. The minimum atomic E-state index is -0.585. The average Bonchev–Trinajstić information content (AvgIpc) is 3.38. The Hall–Kier alpha value is -3.06. The lowest BCUT2D eigenvalue weighted by Gasteiger charge is -2.25. The minimum absolute atomic E-state index is 0.259. The van der Waals surface area contributed by atoms with Crippen molar-refractivity contribution in [2.24, 2.45) is 11.1 Å². The Morgan fingerprint density at radius 3 is 2.63 bits per heavy atom. The third-order valence-electron chi connectivity index (χ3n) is 6.03. The zero-order valence-corrected chi connectivity index (χ0v) is 17.5. The molecule has 2 aromatic heterocycles. The van der Waals surface area contributed by atoms with Gasteiger partial charge in [-0.1, -0.05) is 13.8 Å². The fourth-order valence-corrected chi connectivity index (χ4v) is 3.85. The van der Waals surface area contributed by atoms with E-state index in [0.29, 0.717) is 17.9 Å². The zero-order valence-electron chi connectivity index (χ0n) is 17.5. The van der Waals surface area contributed by atoms with Crippen LogP contribution in [0.25, 0.3) is 22.2 Å². The van der Waals surface area contributed by atoms with Gasteiger partial charge >= 0.3 is 0 Å². The molecule has 1 aliphatic rings. The van der Waals surface area contributed by atoms with Gasteiger partial charge in [0.25, 0.3) is 5.56 Å². The van der Waals surface area contributed by atoms with Gasteiger partial charge in [-0.15, -0.1) is 0 Å². The molecule has 4 N–H and O–H groups in total. The first-order valence-electron chi connectivity index (χ1n) is 10.4. The van der Waals surface area contributed by atoms with E-state index in [9.17, 15) is 9.59 Å². The van der Waals surface area contributed by atoms with Crippen molar-refractivity contribution >= 4 is 16.8 Å². The van der Waals surface area contributed by atoms with Gasteiger partial charge in [-0.05, 0) is 56.3 Å². The smallest absolute Gasteiger partial charge is 0.257 e. The Labute approximate surface area is 175 Å². The van der Waals surface area contributed by atoms with Crippen molar-refractivity contribution in [2.45, 2.75) is 26.7 Å². The number of primary amides is 1. The van der Waals surface area contributed by atoms with E-state index in [1.807, 2.05) is 24.3 Å². The molecule has 1 amide bonds. The number of pyridine rings is 1. The van der Waals surface area contributed by atoms with Crippen LogP contribution >= 0.6 is 0 Å². The Morgan fingerprint density at radius 1 is 1.20 bits per heavy atom. The Bertz CT molecular complexity index is 1120. The number of nitrogens with two attached hydrogens (primary N) is 1. The normalized spacial score (nSPS) is 14.9. The summed E-state index contributed by atoms with van der Waals surface area (Å²) in [5.74, 6) is 0.233. The van der Waals surface area contributed by atoms with Crippen LogP contribution in [0.5, 0.6) is 5.75 Å². The summed E-state index contributed by atoms with van der Waals surface area (Å²) in [5, 5.41) is 0.944. The summed E-state index contributed by atoms with van der Waals surface area (Å²) in [5.41, 5.74) is 7.49. The lowest BCUT2D eigenvalue weighted by Crippen LogP contribution is -2.33. The Morgan fingerprint density at radius 2 is 1.97 bits per heavy atom. The molecule has 0 atom stereocenters. The second kappa shape index (κ2) is 7.99. The number of aromatic nitrogens is 2. The molecule has 0 radical (unpaired) electrons. The number of ether oxygens (including phenoxy) is 1. The maximum absolute atomic E-state index is 12.2. The van der Waals surface area contributed by atoms with E-state index in [-0.39, 0.29) is 16.5 Å². The summed E-state index contributed by atoms with van der Waals surface area (Å²) in [6.07, 6.45) is 3.74. The first kappa shape index (κ1) is 20.2. The quantitative estimate of drug-likeness (QED) is 0.506. The van der Waals surface area contributed by atoms with E-state index >= 15 is 0 Å². The Balaban J connectivity index is 1.53. The first-order chi connectivity index (χ1) is 14.4. The number of hydrogen-bond acceptors (Lipinski definition) is 4. The molecule has 1 saturated carbocycles. The van der Waals surface area contributed by atoms with Gasteiger partial charge in [0, 0.05) is 29.1 Å². The molecule has 1 aliphatic carbocycles. The monoisotopic (exact) mass is 408 g/mol. The number of H-pyrrole nitrogens is 2.